The van der Waals surface area contributed by atoms with Gasteiger partial charge in [0, 0.05) is 11.4 Å². The van der Waals surface area contributed by atoms with Gasteiger partial charge in [0.1, 0.15) is 0 Å². The Kier molecular flexibility index (Phi) is 3.50. The van der Waals surface area contributed by atoms with Gasteiger partial charge < -0.3 is 11.1 Å². The predicted molar refractivity (Wildman–Crippen MR) is 55.2 cm³/mol. The molecule has 0 unspecified atom stereocenters. The number of hydrogen-bond donors (Lipinski definition) is 2. The van der Waals surface area contributed by atoms with Gasteiger partial charge in [0.2, 0.25) is 0 Å². The van der Waals surface area contributed by atoms with Gasteiger partial charge in [0.05, 0.1) is 0 Å². The molecule has 1 aromatic carbocycles. The van der Waals surface area contributed by atoms with Crippen molar-refractivity contribution in [1.29, 1.82) is 0 Å². The lowest BCUT2D eigenvalue weighted by atomic mass is 10.1. The first kappa shape index (κ1) is 14.2. The molecule has 0 aliphatic rings. The summed E-state index contributed by atoms with van der Waals surface area (Å²) in [4.78, 5) is 10.9. The summed E-state index contributed by atoms with van der Waals surface area (Å²) in [6.07, 6.45) is -5.93. The maximum atomic E-state index is 12.7. The van der Waals surface area contributed by atoms with E-state index in [1.165, 1.54) is 24.4 Å². The molecule has 0 aliphatic carbocycles. The summed E-state index contributed by atoms with van der Waals surface area (Å²) in [5.41, 5.74) is 5.80. The summed E-state index contributed by atoms with van der Waals surface area (Å²) >= 11 is 0. The van der Waals surface area contributed by atoms with Gasteiger partial charge in [-0.3, -0.25) is 4.79 Å². The molecule has 0 aliphatic heterocycles. The number of carbonyl (C=O) groups excluding carboxylic acids is 1. The van der Waals surface area contributed by atoms with Crippen molar-refractivity contribution in [3.8, 4) is 0 Å². The first-order chi connectivity index (χ1) is 8.05. The number of hydrogen-bond acceptors (Lipinski definition) is 2. The van der Waals surface area contributed by atoms with Crippen LogP contribution in [-0.4, -0.2) is 18.0 Å². The average Bonchev–Trinajstić information content (AvgIpc) is 2.20. The van der Waals surface area contributed by atoms with E-state index in [2.05, 4.69) is 0 Å². The third-order valence-corrected chi connectivity index (χ3v) is 2.14. The largest absolute Gasteiger partial charge is 0.463 e. The number of aryl methyl sites for hydroxylation is 1. The van der Waals surface area contributed by atoms with E-state index in [0.717, 1.165) is 6.07 Å². The number of halogens is 5. The van der Waals surface area contributed by atoms with E-state index in [1.54, 1.807) is 0 Å². The lowest BCUT2D eigenvalue weighted by molar-refractivity contribution is -0.267. The summed E-state index contributed by atoms with van der Waals surface area (Å²) in [5.74, 6) is -7.87. The molecule has 0 aromatic heterocycles. The molecule has 0 spiro atoms. The Morgan fingerprint density at radius 2 is 1.78 bits per heavy atom. The number of alkyl halides is 5. The minimum Gasteiger partial charge on any atom is -0.399 e. The van der Waals surface area contributed by atoms with E-state index in [0.29, 0.717) is 5.69 Å². The molecule has 0 atom stereocenters. The molecule has 1 amide bonds. The first-order valence-electron chi connectivity index (χ1n) is 4.68. The molecule has 0 radical (unpaired) electrons. The van der Waals surface area contributed by atoms with Gasteiger partial charge in [0.15, 0.2) is 0 Å². The molecule has 0 heterocycles. The van der Waals surface area contributed by atoms with Crippen molar-refractivity contribution in [2.75, 3.05) is 11.1 Å². The number of nitrogen functional groups attached to an aromatic ring is 1. The summed E-state index contributed by atoms with van der Waals surface area (Å²) in [7, 11) is 0. The second-order valence-electron chi connectivity index (χ2n) is 3.60. The zero-order valence-electron chi connectivity index (χ0n) is 9.11. The van der Waals surface area contributed by atoms with Gasteiger partial charge >= 0.3 is 18.0 Å². The lowest BCUT2D eigenvalue weighted by Crippen LogP contribution is -2.47. The maximum Gasteiger partial charge on any atom is 0.463 e. The van der Waals surface area contributed by atoms with Crippen molar-refractivity contribution in [3.05, 3.63) is 23.8 Å². The van der Waals surface area contributed by atoms with E-state index in [-0.39, 0.29) is 11.3 Å². The third-order valence-electron chi connectivity index (χ3n) is 2.14. The second kappa shape index (κ2) is 4.43. The van der Waals surface area contributed by atoms with Gasteiger partial charge in [-0.15, -0.1) is 0 Å². The minimum atomic E-state index is -5.93. The Hall–Kier alpha value is -1.86. The van der Waals surface area contributed by atoms with Gasteiger partial charge in [-0.05, 0) is 30.7 Å². The summed E-state index contributed by atoms with van der Waals surface area (Å²) in [6.45, 7) is 1.41. The quantitative estimate of drug-likeness (QED) is 0.640. The van der Waals surface area contributed by atoms with Crippen LogP contribution in [0.15, 0.2) is 18.2 Å². The Morgan fingerprint density at radius 1 is 1.22 bits per heavy atom. The monoisotopic (exact) mass is 268 g/mol. The van der Waals surface area contributed by atoms with Crippen LogP contribution < -0.4 is 11.1 Å². The van der Waals surface area contributed by atoms with Gasteiger partial charge in [-0.25, -0.2) is 0 Å². The van der Waals surface area contributed by atoms with Crippen molar-refractivity contribution >= 4 is 17.3 Å². The molecule has 18 heavy (non-hydrogen) atoms. The molecule has 0 bridgehead atoms. The van der Waals surface area contributed by atoms with E-state index in [9.17, 15) is 26.7 Å². The van der Waals surface area contributed by atoms with Crippen molar-refractivity contribution in [1.82, 2.24) is 0 Å². The van der Waals surface area contributed by atoms with Crippen LogP contribution in [0.5, 0.6) is 0 Å². The first-order valence-corrected chi connectivity index (χ1v) is 4.68. The Bertz CT molecular complexity index is 470. The highest BCUT2D eigenvalue weighted by atomic mass is 19.4. The number of amides is 1. The van der Waals surface area contributed by atoms with Gasteiger partial charge in [0.25, 0.3) is 0 Å². The number of nitrogens with two attached hydrogens (primary N) is 1. The zero-order chi connectivity index (χ0) is 14.1. The van der Waals surface area contributed by atoms with Crippen LogP contribution in [-0.2, 0) is 4.79 Å². The smallest absolute Gasteiger partial charge is 0.399 e. The molecule has 0 saturated heterocycles. The molecule has 0 fully saturated rings. The number of nitrogens with one attached hydrogen (secondary N) is 1. The SMILES string of the molecule is Cc1cc(N)ccc1NC(=O)C(F)(F)C(F)(F)F. The number of carbonyl (C=O) groups is 1. The molecular formula is C10H9F5N2O. The molecule has 100 valence electrons. The fraction of sp³-hybridized carbons (Fsp3) is 0.300. The summed E-state index contributed by atoms with van der Waals surface area (Å²) in [5, 5.41) is 1.52. The molecule has 1 aromatic rings. The van der Waals surface area contributed by atoms with Gasteiger partial charge in [-0.2, -0.15) is 22.0 Å². The molecule has 3 nitrogen and oxygen atoms in total. The summed E-state index contributed by atoms with van der Waals surface area (Å²) < 4.78 is 61.1. The van der Waals surface area contributed by atoms with E-state index < -0.39 is 18.0 Å². The van der Waals surface area contributed by atoms with Crippen LogP contribution >= 0.6 is 0 Å². The Morgan fingerprint density at radius 3 is 2.22 bits per heavy atom. The standard InChI is InChI=1S/C10H9F5N2O/c1-5-4-6(16)2-3-7(5)17-8(18)9(11,12)10(13,14)15/h2-4H,16H2,1H3,(H,17,18). The van der Waals surface area contributed by atoms with Crippen LogP contribution in [0.3, 0.4) is 0 Å². The number of anilines is 2. The van der Waals surface area contributed by atoms with Crippen molar-refractivity contribution in [2.24, 2.45) is 0 Å². The van der Waals surface area contributed by atoms with Crippen LogP contribution in [0.1, 0.15) is 5.56 Å². The van der Waals surface area contributed by atoms with Crippen molar-refractivity contribution < 1.29 is 26.7 Å². The molecule has 8 heteroatoms. The highest BCUT2D eigenvalue weighted by Gasteiger charge is 2.63. The van der Waals surface area contributed by atoms with Crippen molar-refractivity contribution in [2.45, 2.75) is 19.0 Å². The fourth-order valence-corrected chi connectivity index (χ4v) is 1.16. The van der Waals surface area contributed by atoms with Crippen LogP contribution in [0.4, 0.5) is 33.3 Å². The van der Waals surface area contributed by atoms with E-state index in [4.69, 9.17) is 5.73 Å². The lowest BCUT2D eigenvalue weighted by Gasteiger charge is -2.19. The van der Waals surface area contributed by atoms with Crippen molar-refractivity contribution in [3.63, 3.8) is 0 Å². The van der Waals surface area contributed by atoms with Crippen LogP contribution in [0, 0.1) is 6.92 Å². The minimum absolute atomic E-state index is 0.155. The highest BCUT2D eigenvalue weighted by molar-refractivity contribution is 5.97. The Labute approximate surface area is 98.8 Å². The topological polar surface area (TPSA) is 55.1 Å². The third kappa shape index (κ3) is 2.69. The average molecular weight is 268 g/mol. The van der Waals surface area contributed by atoms with Crippen LogP contribution in [0.2, 0.25) is 0 Å². The molecule has 1 rings (SSSR count). The van der Waals surface area contributed by atoms with E-state index >= 15 is 0 Å². The maximum absolute atomic E-state index is 12.7. The number of benzene rings is 1. The highest BCUT2D eigenvalue weighted by Crippen LogP contribution is 2.36. The molecule has 3 N–H and O–H groups in total. The molecular weight excluding hydrogens is 259 g/mol. The normalized spacial score (nSPS) is 12.3. The number of rotatable bonds is 2. The zero-order valence-corrected chi connectivity index (χ0v) is 9.11. The second-order valence-corrected chi connectivity index (χ2v) is 3.60. The van der Waals surface area contributed by atoms with E-state index in [1.807, 2.05) is 0 Å². The predicted octanol–water partition coefficient (Wildman–Crippen LogP) is 2.71. The fourth-order valence-electron chi connectivity index (χ4n) is 1.16. The molecule has 0 saturated carbocycles. The Balaban J connectivity index is 2.95. The van der Waals surface area contributed by atoms with Crippen LogP contribution in [0.25, 0.3) is 0 Å². The summed E-state index contributed by atoms with van der Waals surface area (Å²) in [6, 6.07) is 3.75. The van der Waals surface area contributed by atoms with Gasteiger partial charge in [-0.1, -0.05) is 0 Å².